The number of hydrazone groups is 1. The first-order chi connectivity index (χ1) is 15.5. The zero-order valence-electron chi connectivity index (χ0n) is 17.1. The van der Waals surface area contributed by atoms with E-state index in [-0.39, 0.29) is 11.5 Å². The van der Waals surface area contributed by atoms with Gasteiger partial charge in [0.25, 0.3) is 5.91 Å². The van der Waals surface area contributed by atoms with E-state index < -0.39 is 23.8 Å². The lowest BCUT2D eigenvalue weighted by Gasteiger charge is -2.15. The predicted molar refractivity (Wildman–Crippen MR) is 118 cm³/mol. The molecule has 1 aliphatic rings. The van der Waals surface area contributed by atoms with Gasteiger partial charge in [0.2, 0.25) is 12.3 Å². The van der Waals surface area contributed by atoms with Gasteiger partial charge in [-0.1, -0.05) is 23.7 Å². The summed E-state index contributed by atoms with van der Waals surface area (Å²) in [4.78, 5) is 25.7. The normalized spacial score (nSPS) is 19.0. The minimum atomic E-state index is -0.903. The second-order valence-electron chi connectivity index (χ2n) is 7.21. The van der Waals surface area contributed by atoms with Crippen molar-refractivity contribution in [2.75, 3.05) is 7.11 Å². The first kappa shape index (κ1) is 21.5. The molecule has 6 nitrogen and oxygen atoms in total. The Morgan fingerprint density at radius 2 is 1.78 bits per heavy atom. The average Bonchev–Trinajstić information content (AvgIpc) is 3.10. The van der Waals surface area contributed by atoms with Gasteiger partial charge in [-0.2, -0.15) is 0 Å². The van der Waals surface area contributed by atoms with Gasteiger partial charge >= 0.3 is 5.91 Å². The number of rotatable bonds is 5. The summed E-state index contributed by atoms with van der Waals surface area (Å²) in [5.74, 6) is -0.649. The Morgan fingerprint density at radius 1 is 1.09 bits per heavy atom. The average molecular weight is 453 g/mol. The second kappa shape index (κ2) is 9.20. The van der Waals surface area contributed by atoms with E-state index in [4.69, 9.17) is 16.3 Å². The van der Waals surface area contributed by atoms with Gasteiger partial charge in [0.1, 0.15) is 11.6 Å². The molecule has 0 saturated carbocycles. The van der Waals surface area contributed by atoms with E-state index in [0.29, 0.717) is 16.3 Å². The largest absolute Gasteiger partial charge is 0.497 e. The summed E-state index contributed by atoms with van der Waals surface area (Å²) in [6, 6.07) is 18.1. The molecule has 0 radical (unpaired) electrons. The molecule has 2 N–H and O–H groups in total. The van der Waals surface area contributed by atoms with Crippen LogP contribution < -0.4 is 15.5 Å². The van der Waals surface area contributed by atoms with E-state index in [1.807, 2.05) is 30.3 Å². The van der Waals surface area contributed by atoms with Crippen LogP contribution in [0.4, 0.5) is 4.39 Å². The molecule has 162 valence electrons. The molecule has 3 aromatic rings. The maximum absolute atomic E-state index is 13.2. The smallest absolute Gasteiger partial charge is 0.304 e. The molecular weight excluding hydrogens is 433 g/mol. The maximum Gasteiger partial charge on any atom is 0.304 e. The fourth-order valence-electron chi connectivity index (χ4n) is 3.54. The number of nitrogens with one attached hydrogen (secondary N) is 2. The van der Waals surface area contributed by atoms with Gasteiger partial charge in [-0.25, -0.2) is 4.39 Å². The fraction of sp³-hybridized carbons (Fsp3) is 0.125. The van der Waals surface area contributed by atoms with Crippen molar-refractivity contribution >= 4 is 29.6 Å². The van der Waals surface area contributed by atoms with Crippen molar-refractivity contribution in [3.63, 3.8) is 0 Å². The van der Waals surface area contributed by atoms with Gasteiger partial charge < -0.3 is 10.1 Å². The standard InChI is InChI=1S/C24H19ClFN3O3/c1-32-19-12-8-15(9-13-19)22-21(27-23(30)16-6-10-18(26)11-7-16)24(31)28-29(22)14-17-4-2-3-5-20(17)25/h2-14,21-22H,1H3,(H-,27,28,30,31)/p+1/b29-14-/t21-,22+/m0/s1. The van der Waals surface area contributed by atoms with Gasteiger partial charge in [-0.15, -0.1) is 10.1 Å². The molecule has 2 amide bonds. The molecule has 2 atom stereocenters. The Kier molecular flexibility index (Phi) is 6.18. The molecule has 8 heteroatoms. The summed E-state index contributed by atoms with van der Waals surface area (Å²) in [6.07, 6.45) is 1.72. The number of hydrazine groups is 1. The van der Waals surface area contributed by atoms with Crippen molar-refractivity contribution in [3.05, 3.63) is 100 Å². The van der Waals surface area contributed by atoms with Crippen molar-refractivity contribution in [1.82, 2.24) is 10.7 Å². The van der Waals surface area contributed by atoms with Gasteiger partial charge in [0.15, 0.2) is 6.04 Å². The molecule has 1 aliphatic heterocycles. The van der Waals surface area contributed by atoms with Gasteiger partial charge in [-0.3, -0.25) is 9.59 Å². The highest BCUT2D eigenvalue weighted by molar-refractivity contribution is 6.32. The minimum Gasteiger partial charge on any atom is -0.497 e. The van der Waals surface area contributed by atoms with Crippen LogP contribution in [0.3, 0.4) is 0 Å². The SMILES string of the molecule is COc1ccc([C@@H]2[C@H](NC(=O)c3ccc(F)cc3)C(=O)N/[N+]2=C\c2ccccc2Cl)cc1. The molecule has 1 fully saturated rings. The van der Waals surface area contributed by atoms with E-state index in [1.54, 1.807) is 36.2 Å². The monoisotopic (exact) mass is 452 g/mol. The van der Waals surface area contributed by atoms with Crippen molar-refractivity contribution in [2.24, 2.45) is 0 Å². The van der Waals surface area contributed by atoms with Crippen molar-refractivity contribution < 1.29 is 23.4 Å². The van der Waals surface area contributed by atoms with Crippen molar-refractivity contribution in [2.45, 2.75) is 12.1 Å². The van der Waals surface area contributed by atoms with Gasteiger partial charge in [0, 0.05) is 11.1 Å². The number of hydrogen-bond acceptors (Lipinski definition) is 3. The summed E-state index contributed by atoms with van der Waals surface area (Å²) >= 11 is 6.30. The molecular formula is C24H20ClFN3O3+. The summed E-state index contributed by atoms with van der Waals surface area (Å²) < 4.78 is 20.1. The van der Waals surface area contributed by atoms with E-state index in [1.165, 1.54) is 24.3 Å². The zero-order valence-corrected chi connectivity index (χ0v) is 17.8. The third-order valence-corrected chi connectivity index (χ3v) is 5.52. The highest BCUT2D eigenvalue weighted by Crippen LogP contribution is 2.27. The highest BCUT2D eigenvalue weighted by atomic mass is 35.5. The number of benzene rings is 3. The molecule has 0 bridgehead atoms. The van der Waals surface area contributed by atoms with Crippen LogP contribution in [0.1, 0.15) is 27.5 Å². The van der Waals surface area contributed by atoms with E-state index in [0.717, 1.165) is 5.56 Å². The molecule has 1 heterocycles. The first-order valence-corrected chi connectivity index (χ1v) is 10.2. The van der Waals surface area contributed by atoms with Crippen LogP contribution in [0.5, 0.6) is 5.75 Å². The lowest BCUT2D eigenvalue weighted by molar-refractivity contribution is -0.596. The molecule has 32 heavy (non-hydrogen) atoms. The van der Waals surface area contributed by atoms with Crippen LogP contribution in [0.15, 0.2) is 72.8 Å². The van der Waals surface area contributed by atoms with Gasteiger partial charge in [-0.05, 0) is 60.7 Å². The van der Waals surface area contributed by atoms with Crippen molar-refractivity contribution in [1.29, 1.82) is 0 Å². The Labute approximate surface area is 189 Å². The Morgan fingerprint density at radius 3 is 2.44 bits per heavy atom. The molecule has 1 saturated heterocycles. The number of carbonyl (C=O) groups is 2. The third-order valence-electron chi connectivity index (χ3n) is 5.17. The Bertz CT molecular complexity index is 1180. The summed E-state index contributed by atoms with van der Waals surface area (Å²) in [5.41, 5.74) is 4.53. The molecule has 3 aromatic carbocycles. The molecule has 0 aromatic heterocycles. The molecule has 0 aliphatic carbocycles. The molecule has 0 unspecified atom stereocenters. The van der Waals surface area contributed by atoms with Crippen LogP contribution >= 0.6 is 11.6 Å². The zero-order chi connectivity index (χ0) is 22.7. The fourth-order valence-corrected chi connectivity index (χ4v) is 3.72. The van der Waals surface area contributed by atoms with E-state index in [9.17, 15) is 14.0 Å². The number of amides is 2. The van der Waals surface area contributed by atoms with Crippen LogP contribution in [-0.2, 0) is 4.79 Å². The van der Waals surface area contributed by atoms with E-state index >= 15 is 0 Å². The summed E-state index contributed by atoms with van der Waals surface area (Å²) in [6.45, 7) is 0. The van der Waals surface area contributed by atoms with Crippen LogP contribution in [0.2, 0.25) is 5.02 Å². The number of carbonyl (C=O) groups excluding carboxylic acids is 2. The quantitative estimate of drug-likeness (QED) is 0.582. The minimum absolute atomic E-state index is 0.251. The van der Waals surface area contributed by atoms with Crippen molar-refractivity contribution in [3.8, 4) is 5.75 Å². The summed E-state index contributed by atoms with van der Waals surface area (Å²) in [5, 5.41) is 3.29. The number of ether oxygens (including phenoxy) is 1. The van der Waals surface area contributed by atoms with E-state index in [2.05, 4.69) is 10.7 Å². The van der Waals surface area contributed by atoms with Gasteiger partial charge in [0.05, 0.1) is 17.7 Å². The Hall–Kier alpha value is -3.71. The number of halogens is 2. The number of methoxy groups -OCH3 is 1. The predicted octanol–water partition coefficient (Wildman–Crippen LogP) is 3.50. The molecule has 4 rings (SSSR count). The third kappa shape index (κ3) is 4.48. The summed E-state index contributed by atoms with van der Waals surface area (Å²) in [7, 11) is 1.57. The van der Waals surface area contributed by atoms with Crippen LogP contribution in [0.25, 0.3) is 0 Å². The second-order valence-corrected chi connectivity index (χ2v) is 7.62. The Balaban J connectivity index is 1.71. The lowest BCUT2D eigenvalue weighted by Crippen LogP contribution is -2.42. The van der Waals surface area contributed by atoms with Crippen LogP contribution in [0, 0.1) is 5.82 Å². The maximum atomic E-state index is 13.2. The number of nitrogens with zero attached hydrogens (tertiary/aromatic N) is 1. The first-order valence-electron chi connectivity index (χ1n) is 9.85. The molecule has 0 spiro atoms. The van der Waals surface area contributed by atoms with Crippen LogP contribution in [-0.4, -0.2) is 35.9 Å². The lowest BCUT2D eigenvalue weighted by atomic mass is 9.99. The topological polar surface area (TPSA) is 70.4 Å². The highest BCUT2D eigenvalue weighted by Gasteiger charge is 2.47. The number of hydrogen-bond donors (Lipinski definition) is 2.